The molecule has 104 valence electrons. The monoisotopic (exact) mass is 314 g/mol. The van der Waals surface area contributed by atoms with Crippen molar-refractivity contribution >= 4 is 28.4 Å². The summed E-state index contributed by atoms with van der Waals surface area (Å²) in [5.41, 5.74) is -0.121. The van der Waals surface area contributed by atoms with Gasteiger partial charge in [-0.1, -0.05) is 53.7 Å². The van der Waals surface area contributed by atoms with E-state index in [-0.39, 0.29) is 0 Å². The number of thioether (sulfide) groups is 1. The summed E-state index contributed by atoms with van der Waals surface area (Å²) in [4.78, 5) is 1.01. The number of alkyl halides is 3. The van der Waals surface area contributed by atoms with Gasteiger partial charge in [-0.2, -0.15) is 13.2 Å². The molecule has 0 aliphatic rings. The molecule has 5 heteroatoms. The second kappa shape index (κ2) is 6.37. The highest BCUT2D eigenvalue weighted by molar-refractivity contribution is 8.02. The van der Waals surface area contributed by atoms with Gasteiger partial charge in [-0.25, -0.2) is 0 Å². The molecule has 2 aromatic rings. The van der Waals surface area contributed by atoms with Crippen LogP contribution in [0.2, 0.25) is 0 Å². The first-order valence-electron chi connectivity index (χ1n) is 5.72. The van der Waals surface area contributed by atoms with Crippen molar-refractivity contribution < 1.29 is 13.2 Å². The first kappa shape index (κ1) is 15.0. The van der Waals surface area contributed by atoms with Gasteiger partial charge in [0.25, 0.3) is 0 Å². The lowest BCUT2D eigenvalue weighted by atomic mass is 10.1. The summed E-state index contributed by atoms with van der Waals surface area (Å²) in [6, 6.07) is 14.4. The molecular weight excluding hydrogens is 305 g/mol. The van der Waals surface area contributed by atoms with Crippen molar-refractivity contribution in [2.45, 2.75) is 11.1 Å². The maximum Gasteiger partial charge on any atom is 0.416 e. The first-order chi connectivity index (χ1) is 9.47. The minimum Gasteiger partial charge on any atom is -0.166 e. The highest BCUT2D eigenvalue weighted by Gasteiger charge is 2.29. The molecule has 0 heterocycles. The minimum absolute atomic E-state index is 0.410. The van der Waals surface area contributed by atoms with Gasteiger partial charge in [0.05, 0.1) is 10.6 Å². The molecule has 0 nitrogen and oxygen atoms in total. The summed E-state index contributed by atoms with van der Waals surface area (Å²) in [7, 11) is 0. The molecule has 0 radical (unpaired) electrons. The third-order valence-electron chi connectivity index (χ3n) is 2.53. The highest BCUT2D eigenvalue weighted by Crippen LogP contribution is 2.32. The van der Waals surface area contributed by atoms with E-state index >= 15 is 0 Å². The molecule has 0 atom stereocenters. The Kier molecular flexibility index (Phi) is 4.78. The van der Waals surface area contributed by atoms with Crippen molar-refractivity contribution in [3.05, 3.63) is 71.1 Å². The topological polar surface area (TPSA) is 0 Å². The molecule has 20 heavy (non-hydrogen) atoms. The van der Waals surface area contributed by atoms with Gasteiger partial charge >= 0.3 is 6.18 Å². The van der Waals surface area contributed by atoms with Crippen LogP contribution < -0.4 is 0 Å². The SMILES string of the molecule is FC(F)(F)c1ccc(/C(Cl)=C\Sc2ccccc2)cc1. The van der Waals surface area contributed by atoms with Crippen LogP contribution in [0.4, 0.5) is 13.2 Å². The molecule has 0 N–H and O–H groups in total. The van der Waals surface area contributed by atoms with E-state index in [2.05, 4.69) is 0 Å². The standard InChI is InChI=1S/C15H10ClF3S/c16-14(10-20-13-4-2-1-3-5-13)11-6-8-12(9-7-11)15(17,18)19/h1-10H/b14-10+. The summed E-state index contributed by atoms with van der Waals surface area (Å²) in [6.45, 7) is 0. The smallest absolute Gasteiger partial charge is 0.166 e. The second-order valence-electron chi connectivity index (χ2n) is 3.97. The van der Waals surface area contributed by atoms with Crippen LogP contribution in [0.25, 0.3) is 5.03 Å². The van der Waals surface area contributed by atoms with Crippen LogP contribution in [0.5, 0.6) is 0 Å². The van der Waals surface area contributed by atoms with Crippen molar-refractivity contribution in [2.24, 2.45) is 0 Å². The zero-order valence-corrected chi connectivity index (χ0v) is 11.8. The lowest BCUT2D eigenvalue weighted by Crippen LogP contribution is -2.04. The Morgan fingerprint density at radius 2 is 1.55 bits per heavy atom. The number of halogens is 4. The lowest BCUT2D eigenvalue weighted by Gasteiger charge is -2.07. The third kappa shape index (κ3) is 4.05. The zero-order chi connectivity index (χ0) is 14.6. The van der Waals surface area contributed by atoms with E-state index < -0.39 is 11.7 Å². The Balaban J connectivity index is 2.11. The highest BCUT2D eigenvalue weighted by atomic mass is 35.5. The van der Waals surface area contributed by atoms with E-state index in [9.17, 15) is 13.2 Å². The molecule has 0 aromatic heterocycles. The van der Waals surface area contributed by atoms with Crippen LogP contribution in [0, 0.1) is 0 Å². The predicted molar refractivity (Wildman–Crippen MR) is 77.6 cm³/mol. The van der Waals surface area contributed by atoms with Gasteiger partial charge in [0.15, 0.2) is 0 Å². The Morgan fingerprint density at radius 3 is 2.10 bits per heavy atom. The van der Waals surface area contributed by atoms with Crippen molar-refractivity contribution in [3.63, 3.8) is 0 Å². The Hall–Kier alpha value is -1.39. The molecule has 0 amide bonds. The van der Waals surface area contributed by atoms with E-state index in [0.29, 0.717) is 10.6 Å². The Labute approximate surface area is 124 Å². The Bertz CT molecular complexity index is 589. The van der Waals surface area contributed by atoms with Crippen LogP contribution >= 0.6 is 23.4 Å². The third-order valence-corrected chi connectivity index (χ3v) is 3.88. The summed E-state index contributed by atoms with van der Waals surface area (Å²) in [5, 5.41) is 2.12. The molecule has 2 rings (SSSR count). The number of benzene rings is 2. The normalized spacial score (nSPS) is 12.5. The molecule has 0 saturated carbocycles. The van der Waals surface area contributed by atoms with Gasteiger partial charge in [-0.15, -0.1) is 0 Å². The first-order valence-corrected chi connectivity index (χ1v) is 6.97. The van der Waals surface area contributed by atoms with Gasteiger partial charge in [0.1, 0.15) is 0 Å². The van der Waals surface area contributed by atoms with E-state index in [1.165, 1.54) is 23.9 Å². The van der Waals surface area contributed by atoms with Crippen molar-refractivity contribution in [2.75, 3.05) is 0 Å². The molecule has 0 saturated heterocycles. The fraction of sp³-hybridized carbons (Fsp3) is 0.0667. The zero-order valence-electron chi connectivity index (χ0n) is 10.2. The van der Waals surface area contributed by atoms with Gasteiger partial charge in [0.2, 0.25) is 0 Å². The summed E-state index contributed by atoms with van der Waals surface area (Å²) < 4.78 is 37.3. The van der Waals surface area contributed by atoms with Crippen LogP contribution in [0.15, 0.2) is 64.9 Å². The van der Waals surface area contributed by atoms with Gasteiger partial charge < -0.3 is 0 Å². The van der Waals surface area contributed by atoms with Crippen molar-refractivity contribution in [1.82, 2.24) is 0 Å². The second-order valence-corrected chi connectivity index (χ2v) is 5.32. The van der Waals surface area contributed by atoms with Crippen molar-refractivity contribution in [1.29, 1.82) is 0 Å². The van der Waals surface area contributed by atoms with E-state index in [1.54, 1.807) is 5.41 Å². The minimum atomic E-state index is -4.33. The fourth-order valence-corrected chi connectivity index (χ4v) is 2.45. The molecule has 0 unspecified atom stereocenters. The average molecular weight is 315 g/mol. The number of rotatable bonds is 3. The molecule has 0 bridgehead atoms. The van der Waals surface area contributed by atoms with Crippen molar-refractivity contribution in [3.8, 4) is 0 Å². The predicted octanol–water partition coefficient (Wildman–Crippen LogP) is 6.03. The van der Waals surface area contributed by atoms with Gasteiger partial charge in [0, 0.05) is 4.90 Å². The summed E-state index contributed by atoms with van der Waals surface area (Å²) >= 11 is 7.50. The van der Waals surface area contributed by atoms with Crippen LogP contribution in [0.1, 0.15) is 11.1 Å². The summed E-state index contributed by atoms with van der Waals surface area (Å²) in [5.74, 6) is 0. The van der Waals surface area contributed by atoms with E-state index in [1.807, 2.05) is 30.3 Å². The average Bonchev–Trinajstić information content (AvgIpc) is 2.45. The maximum absolute atomic E-state index is 12.4. The molecule has 0 aliphatic carbocycles. The van der Waals surface area contributed by atoms with Crippen LogP contribution in [0.3, 0.4) is 0 Å². The molecular formula is C15H10ClF3S. The number of hydrogen-bond donors (Lipinski definition) is 0. The van der Waals surface area contributed by atoms with E-state index in [4.69, 9.17) is 11.6 Å². The van der Waals surface area contributed by atoms with Gasteiger partial charge in [-0.3, -0.25) is 0 Å². The fourth-order valence-electron chi connectivity index (χ4n) is 1.51. The van der Waals surface area contributed by atoms with Crippen LogP contribution in [-0.4, -0.2) is 0 Å². The quantitative estimate of drug-likeness (QED) is 0.623. The maximum atomic E-state index is 12.4. The molecule has 0 spiro atoms. The molecule has 0 fully saturated rings. The van der Waals surface area contributed by atoms with Gasteiger partial charge in [-0.05, 0) is 35.2 Å². The summed E-state index contributed by atoms with van der Waals surface area (Å²) in [6.07, 6.45) is -4.33. The largest absolute Gasteiger partial charge is 0.416 e. The van der Waals surface area contributed by atoms with Crippen LogP contribution in [-0.2, 0) is 6.18 Å². The number of hydrogen-bond acceptors (Lipinski definition) is 1. The Morgan fingerprint density at radius 1 is 0.950 bits per heavy atom. The lowest BCUT2D eigenvalue weighted by molar-refractivity contribution is -0.137. The molecule has 0 aliphatic heterocycles. The van der Waals surface area contributed by atoms with E-state index in [0.717, 1.165) is 17.0 Å². The molecule has 2 aromatic carbocycles.